The van der Waals surface area contributed by atoms with Crippen molar-refractivity contribution in [1.29, 1.82) is 0 Å². The van der Waals surface area contributed by atoms with Crippen LogP contribution in [0, 0.1) is 23.5 Å². The van der Waals surface area contributed by atoms with Crippen molar-refractivity contribution in [1.82, 2.24) is 0 Å². The molecular weight excluding hydrogens is 266 g/mol. The summed E-state index contributed by atoms with van der Waals surface area (Å²) in [5, 5.41) is 0. The molecule has 0 nitrogen and oxygen atoms in total. The molecule has 1 aromatic carbocycles. The van der Waals surface area contributed by atoms with E-state index in [0.29, 0.717) is 5.92 Å². The molecule has 2 aliphatic carbocycles. The molecule has 0 saturated heterocycles. The molecule has 0 radical (unpaired) electrons. The van der Waals surface area contributed by atoms with Crippen LogP contribution in [0.1, 0.15) is 44.6 Å². The van der Waals surface area contributed by atoms with Gasteiger partial charge in [0.1, 0.15) is 11.6 Å². The second kappa shape index (κ2) is 5.75. The molecule has 1 saturated carbocycles. The summed E-state index contributed by atoms with van der Waals surface area (Å²) in [7, 11) is 0. The van der Waals surface area contributed by atoms with E-state index in [0.717, 1.165) is 36.8 Å². The third-order valence-corrected chi connectivity index (χ3v) is 5.24. The van der Waals surface area contributed by atoms with Crippen LogP contribution >= 0.6 is 0 Å². The summed E-state index contributed by atoms with van der Waals surface area (Å²) in [6, 6.07) is 4.00. The number of benzene rings is 1. The van der Waals surface area contributed by atoms with Gasteiger partial charge in [0.05, 0.1) is 0 Å². The summed E-state index contributed by atoms with van der Waals surface area (Å²) < 4.78 is 27.4. The van der Waals surface area contributed by atoms with E-state index in [-0.39, 0.29) is 5.41 Å². The van der Waals surface area contributed by atoms with Crippen molar-refractivity contribution in [2.75, 3.05) is 0 Å². The zero-order valence-corrected chi connectivity index (χ0v) is 12.5. The lowest BCUT2D eigenvalue weighted by molar-refractivity contribution is 0.208. The topological polar surface area (TPSA) is 0 Å². The second-order valence-corrected chi connectivity index (χ2v) is 6.65. The summed E-state index contributed by atoms with van der Waals surface area (Å²) in [5.74, 6) is 0.287. The van der Waals surface area contributed by atoms with E-state index in [1.807, 2.05) is 12.2 Å². The molecule has 0 aromatic heterocycles. The Hall–Kier alpha value is -1.44. The number of halogens is 2. The molecule has 2 aliphatic rings. The Morgan fingerprint density at radius 2 is 1.62 bits per heavy atom. The van der Waals surface area contributed by atoms with Crippen LogP contribution in [0.15, 0.2) is 42.5 Å². The van der Waals surface area contributed by atoms with Gasteiger partial charge in [0, 0.05) is 11.5 Å². The first-order valence-electron chi connectivity index (χ1n) is 7.91. The van der Waals surface area contributed by atoms with Crippen molar-refractivity contribution in [3.05, 3.63) is 59.7 Å². The van der Waals surface area contributed by atoms with E-state index in [2.05, 4.69) is 19.1 Å². The van der Waals surface area contributed by atoms with Gasteiger partial charge in [0.15, 0.2) is 0 Å². The van der Waals surface area contributed by atoms with Gasteiger partial charge in [-0.05, 0) is 48.8 Å². The van der Waals surface area contributed by atoms with Gasteiger partial charge in [-0.15, -0.1) is 0 Å². The molecule has 0 amide bonds. The summed E-state index contributed by atoms with van der Waals surface area (Å²) >= 11 is 0. The first-order chi connectivity index (χ1) is 10.1. The van der Waals surface area contributed by atoms with Crippen molar-refractivity contribution in [2.45, 2.75) is 44.4 Å². The Bertz CT molecular complexity index is 545. The van der Waals surface area contributed by atoms with Crippen LogP contribution in [0.5, 0.6) is 0 Å². The van der Waals surface area contributed by atoms with Crippen molar-refractivity contribution >= 4 is 0 Å². The fourth-order valence-corrected chi connectivity index (χ4v) is 3.99. The summed E-state index contributed by atoms with van der Waals surface area (Å²) in [5.41, 5.74) is 0.554. The minimum atomic E-state index is -0.475. The lowest BCUT2D eigenvalue weighted by Crippen LogP contribution is -2.36. The smallest absolute Gasteiger partial charge is 0.126 e. The Morgan fingerprint density at radius 1 is 0.952 bits per heavy atom. The van der Waals surface area contributed by atoms with E-state index in [9.17, 15) is 8.78 Å². The molecule has 0 bridgehead atoms. The van der Waals surface area contributed by atoms with Crippen molar-refractivity contribution in [2.24, 2.45) is 11.8 Å². The summed E-state index contributed by atoms with van der Waals surface area (Å²) in [4.78, 5) is 0. The summed E-state index contributed by atoms with van der Waals surface area (Å²) in [6.07, 6.45) is 13.9. The number of hydrogen-bond donors (Lipinski definition) is 0. The predicted octanol–water partition coefficient (Wildman–Crippen LogP) is 5.55. The van der Waals surface area contributed by atoms with Gasteiger partial charge >= 0.3 is 0 Å². The molecule has 112 valence electrons. The lowest BCUT2D eigenvalue weighted by atomic mass is 9.61. The fraction of sp³-hybridized carbons (Fsp3) is 0.474. The highest BCUT2D eigenvalue weighted by molar-refractivity contribution is 5.37. The zero-order chi connectivity index (χ0) is 14.9. The minimum absolute atomic E-state index is 0.238. The van der Waals surface area contributed by atoms with E-state index in [4.69, 9.17) is 0 Å². The number of allylic oxidation sites excluding steroid dienone is 4. The largest absolute Gasteiger partial charge is 0.207 e. The third kappa shape index (κ3) is 2.81. The predicted molar refractivity (Wildman–Crippen MR) is 82.1 cm³/mol. The summed E-state index contributed by atoms with van der Waals surface area (Å²) in [6.45, 7) is 2.29. The van der Waals surface area contributed by atoms with Gasteiger partial charge in [-0.25, -0.2) is 8.78 Å². The van der Waals surface area contributed by atoms with Crippen LogP contribution in [-0.2, 0) is 5.41 Å². The van der Waals surface area contributed by atoms with Crippen LogP contribution in [0.25, 0.3) is 0 Å². The van der Waals surface area contributed by atoms with Gasteiger partial charge in [0.25, 0.3) is 0 Å². The van der Waals surface area contributed by atoms with Crippen molar-refractivity contribution in [3.8, 4) is 0 Å². The molecule has 1 fully saturated rings. The molecule has 1 atom stereocenters. The number of rotatable bonds is 2. The first kappa shape index (κ1) is 14.5. The second-order valence-electron chi connectivity index (χ2n) is 6.65. The highest BCUT2D eigenvalue weighted by Gasteiger charge is 2.39. The van der Waals surface area contributed by atoms with Gasteiger partial charge in [0.2, 0.25) is 0 Å². The average molecular weight is 288 g/mol. The Labute approximate surface area is 125 Å². The van der Waals surface area contributed by atoms with Crippen LogP contribution in [-0.4, -0.2) is 0 Å². The maximum absolute atomic E-state index is 13.7. The van der Waals surface area contributed by atoms with E-state index in [1.165, 1.54) is 25.0 Å². The molecule has 0 N–H and O–H groups in total. The number of hydrogen-bond acceptors (Lipinski definition) is 0. The SMILES string of the molecule is C[C@H]1CC[C@H](C2(c3cc(F)cc(F)c3)C=CC=CC2)CC1. The van der Waals surface area contributed by atoms with Crippen LogP contribution in [0.2, 0.25) is 0 Å². The molecular formula is C19H22F2. The van der Waals surface area contributed by atoms with Gasteiger partial charge in [-0.3, -0.25) is 0 Å². The van der Waals surface area contributed by atoms with E-state index >= 15 is 0 Å². The Morgan fingerprint density at radius 3 is 2.19 bits per heavy atom. The fourth-order valence-electron chi connectivity index (χ4n) is 3.99. The first-order valence-corrected chi connectivity index (χ1v) is 7.91. The normalized spacial score (nSPS) is 32.3. The zero-order valence-electron chi connectivity index (χ0n) is 12.5. The van der Waals surface area contributed by atoms with Gasteiger partial charge < -0.3 is 0 Å². The lowest BCUT2D eigenvalue weighted by Gasteiger charge is -2.43. The average Bonchev–Trinajstić information content (AvgIpc) is 2.47. The maximum atomic E-state index is 13.7. The molecule has 0 spiro atoms. The van der Waals surface area contributed by atoms with E-state index in [1.54, 1.807) is 0 Å². The van der Waals surface area contributed by atoms with Gasteiger partial charge in [-0.2, -0.15) is 0 Å². The minimum Gasteiger partial charge on any atom is -0.207 e. The highest BCUT2D eigenvalue weighted by atomic mass is 19.1. The quantitative estimate of drug-likeness (QED) is 0.669. The maximum Gasteiger partial charge on any atom is 0.126 e. The molecule has 0 heterocycles. The van der Waals surface area contributed by atoms with Crippen molar-refractivity contribution in [3.63, 3.8) is 0 Å². The third-order valence-electron chi connectivity index (χ3n) is 5.24. The van der Waals surface area contributed by atoms with Gasteiger partial charge in [-0.1, -0.05) is 44.1 Å². The molecule has 1 aromatic rings. The standard InChI is InChI=1S/C19H22F2/c1-14-5-7-15(8-6-14)19(9-3-2-4-10-19)16-11-17(20)13-18(21)12-16/h2-4,9,11-15H,5-8,10H2,1H3/t14-,15-,19?. The molecule has 0 aliphatic heterocycles. The monoisotopic (exact) mass is 288 g/mol. The Kier molecular flexibility index (Phi) is 3.97. The molecule has 2 heteroatoms. The van der Waals surface area contributed by atoms with Crippen molar-refractivity contribution < 1.29 is 8.78 Å². The molecule has 3 rings (SSSR count). The van der Waals surface area contributed by atoms with Crippen LogP contribution in [0.4, 0.5) is 8.78 Å². The van der Waals surface area contributed by atoms with E-state index < -0.39 is 11.6 Å². The van der Waals surface area contributed by atoms with Crippen LogP contribution < -0.4 is 0 Å². The Balaban J connectivity index is 2.01. The van der Waals surface area contributed by atoms with Crippen LogP contribution in [0.3, 0.4) is 0 Å². The highest BCUT2D eigenvalue weighted by Crippen LogP contribution is 2.47. The molecule has 21 heavy (non-hydrogen) atoms. The molecule has 1 unspecified atom stereocenters.